The van der Waals surface area contributed by atoms with E-state index in [1.807, 2.05) is 0 Å². The van der Waals surface area contributed by atoms with Gasteiger partial charge in [-0.2, -0.15) is 0 Å². The van der Waals surface area contributed by atoms with Crippen LogP contribution in [0.25, 0.3) is 0 Å². The first-order valence-corrected chi connectivity index (χ1v) is 6.44. The summed E-state index contributed by atoms with van der Waals surface area (Å²) in [5, 5.41) is 0. The van der Waals surface area contributed by atoms with E-state index in [9.17, 15) is 9.59 Å². The molecule has 0 spiro atoms. The lowest BCUT2D eigenvalue weighted by atomic mass is 10.3. The molecule has 0 N–H and O–H groups in total. The quantitative estimate of drug-likeness (QED) is 0.309. The van der Waals surface area contributed by atoms with E-state index in [4.69, 9.17) is 14.2 Å². The van der Waals surface area contributed by atoms with E-state index in [2.05, 4.69) is 22.6 Å². The predicted octanol–water partition coefficient (Wildman–Crippen LogP) is 1.89. The van der Waals surface area contributed by atoms with Crippen molar-refractivity contribution in [2.24, 2.45) is 0 Å². The summed E-state index contributed by atoms with van der Waals surface area (Å²) in [6.07, 6.45) is 1.49. The number of esters is 2. The topological polar surface area (TPSA) is 80.3 Å². The summed E-state index contributed by atoms with van der Waals surface area (Å²) < 4.78 is 24.3. The number of carbonyl (C=O) groups is 2. The molecule has 120 valence electrons. The van der Waals surface area contributed by atoms with Gasteiger partial charge in [-0.05, 0) is 26.0 Å². The molecule has 0 aromatic carbocycles. The van der Waals surface area contributed by atoms with Crippen LogP contribution in [0.2, 0.25) is 0 Å². The number of ether oxygens (including phenoxy) is 5. The van der Waals surface area contributed by atoms with Gasteiger partial charge in [0.15, 0.2) is 0 Å². The molecule has 7 nitrogen and oxygen atoms in total. The molecular weight excluding hydrogens is 280 g/mol. The van der Waals surface area contributed by atoms with E-state index in [0.29, 0.717) is 12.8 Å². The molecule has 0 radical (unpaired) electrons. The zero-order valence-corrected chi connectivity index (χ0v) is 12.5. The molecule has 0 bridgehead atoms. The Labute approximate surface area is 124 Å². The minimum Gasteiger partial charge on any atom is -0.469 e. The monoisotopic (exact) mass is 302 g/mol. The molecule has 21 heavy (non-hydrogen) atoms. The van der Waals surface area contributed by atoms with Gasteiger partial charge in [-0.1, -0.05) is 0 Å². The number of hydrogen-bond donors (Lipinski definition) is 0. The molecule has 0 saturated heterocycles. The smallest absolute Gasteiger partial charge is 0.305 e. The molecule has 0 heterocycles. The van der Waals surface area contributed by atoms with Crippen LogP contribution in [-0.4, -0.2) is 39.4 Å². The van der Waals surface area contributed by atoms with E-state index in [-0.39, 0.29) is 49.9 Å². The first-order chi connectivity index (χ1) is 9.99. The van der Waals surface area contributed by atoms with Crippen LogP contribution < -0.4 is 0 Å². The Morgan fingerprint density at radius 2 is 1.19 bits per heavy atom. The van der Waals surface area contributed by atoms with Gasteiger partial charge >= 0.3 is 11.9 Å². The van der Waals surface area contributed by atoms with Crippen molar-refractivity contribution in [2.75, 3.05) is 27.4 Å². The summed E-state index contributed by atoms with van der Waals surface area (Å²) in [6, 6.07) is 0. The highest BCUT2D eigenvalue weighted by Crippen LogP contribution is 2.08. The Bertz CT molecular complexity index is 328. The molecule has 0 amide bonds. The summed E-state index contributed by atoms with van der Waals surface area (Å²) in [5.41, 5.74) is 0. The molecule has 7 heteroatoms. The van der Waals surface area contributed by atoms with Crippen molar-refractivity contribution in [3.05, 3.63) is 25.0 Å². The third-order valence-corrected chi connectivity index (χ3v) is 2.26. The first-order valence-electron chi connectivity index (χ1n) is 6.44. The van der Waals surface area contributed by atoms with E-state index in [1.165, 1.54) is 14.2 Å². The van der Waals surface area contributed by atoms with Gasteiger partial charge in [0.05, 0.1) is 27.4 Å². The van der Waals surface area contributed by atoms with Crippen molar-refractivity contribution in [3.8, 4) is 0 Å². The summed E-state index contributed by atoms with van der Waals surface area (Å²) in [4.78, 5) is 21.7. The van der Waals surface area contributed by atoms with E-state index in [0.717, 1.165) is 0 Å². The van der Waals surface area contributed by atoms with Crippen LogP contribution in [0.3, 0.4) is 0 Å². The van der Waals surface area contributed by atoms with Crippen LogP contribution in [0.1, 0.15) is 25.7 Å². The maximum atomic E-state index is 10.9. The Kier molecular flexibility index (Phi) is 10.4. The fourth-order valence-corrected chi connectivity index (χ4v) is 1.20. The van der Waals surface area contributed by atoms with Gasteiger partial charge in [-0.25, -0.2) is 0 Å². The lowest BCUT2D eigenvalue weighted by molar-refractivity contribution is -0.141. The van der Waals surface area contributed by atoms with Gasteiger partial charge in [-0.3, -0.25) is 9.59 Å². The molecule has 0 aliphatic carbocycles. The number of carbonyl (C=O) groups excluding carboxylic acids is 2. The van der Waals surface area contributed by atoms with Gasteiger partial charge in [0.25, 0.3) is 11.9 Å². The molecule has 0 aliphatic heterocycles. The number of rotatable bonds is 12. The average molecular weight is 302 g/mol. The second-order valence-corrected chi connectivity index (χ2v) is 3.90. The standard InChI is InChI=1S/C14H22O7/c1-11(19-9-5-7-13(15)17-3)21-12(2)20-10-6-8-14(16)18-4/h1-2,5-10H2,3-4H3. The highest BCUT2D eigenvalue weighted by Gasteiger charge is 2.05. The van der Waals surface area contributed by atoms with Crippen molar-refractivity contribution < 1.29 is 33.3 Å². The van der Waals surface area contributed by atoms with Crippen LogP contribution in [0, 0.1) is 0 Å². The van der Waals surface area contributed by atoms with Gasteiger partial charge in [0, 0.05) is 12.8 Å². The molecule has 0 aromatic heterocycles. The van der Waals surface area contributed by atoms with E-state index < -0.39 is 0 Å². The summed E-state index contributed by atoms with van der Waals surface area (Å²) in [5.74, 6) is -0.553. The molecule has 0 aliphatic rings. The Hall–Kier alpha value is -2.18. The average Bonchev–Trinajstić information content (AvgIpc) is 2.47. The molecule has 0 aromatic rings. The van der Waals surface area contributed by atoms with Crippen molar-refractivity contribution in [3.63, 3.8) is 0 Å². The van der Waals surface area contributed by atoms with Gasteiger partial charge in [0.1, 0.15) is 0 Å². The van der Waals surface area contributed by atoms with Gasteiger partial charge < -0.3 is 23.7 Å². The summed E-state index contributed by atoms with van der Waals surface area (Å²) in [7, 11) is 2.65. The largest absolute Gasteiger partial charge is 0.469 e. The number of methoxy groups -OCH3 is 2. The Balaban J connectivity index is 3.59. The van der Waals surface area contributed by atoms with Crippen LogP contribution in [0.15, 0.2) is 25.0 Å². The lowest BCUT2D eigenvalue weighted by Gasteiger charge is -2.12. The van der Waals surface area contributed by atoms with Crippen molar-refractivity contribution in [1.29, 1.82) is 0 Å². The summed E-state index contributed by atoms with van der Waals surface area (Å²) >= 11 is 0. The second-order valence-electron chi connectivity index (χ2n) is 3.90. The molecule has 0 unspecified atom stereocenters. The zero-order chi connectivity index (χ0) is 16.1. The third-order valence-electron chi connectivity index (χ3n) is 2.26. The maximum Gasteiger partial charge on any atom is 0.305 e. The van der Waals surface area contributed by atoms with E-state index in [1.54, 1.807) is 0 Å². The van der Waals surface area contributed by atoms with Crippen molar-refractivity contribution >= 4 is 11.9 Å². The fourth-order valence-electron chi connectivity index (χ4n) is 1.20. The van der Waals surface area contributed by atoms with Crippen LogP contribution >= 0.6 is 0 Å². The normalized spacial score (nSPS) is 9.43. The minimum absolute atomic E-state index is 0.0258. The van der Waals surface area contributed by atoms with Crippen molar-refractivity contribution in [1.82, 2.24) is 0 Å². The summed E-state index contributed by atoms with van der Waals surface area (Å²) in [6.45, 7) is 7.59. The van der Waals surface area contributed by atoms with Crippen LogP contribution in [0.5, 0.6) is 0 Å². The SMILES string of the molecule is C=C(OCCCC(=O)OC)OC(=C)OCCCC(=O)OC. The molecule has 0 rings (SSSR count). The first kappa shape index (κ1) is 18.8. The Morgan fingerprint density at radius 3 is 1.52 bits per heavy atom. The lowest BCUT2D eigenvalue weighted by Crippen LogP contribution is -2.06. The van der Waals surface area contributed by atoms with Crippen LogP contribution in [-0.2, 0) is 33.3 Å². The molecule has 0 saturated carbocycles. The third kappa shape index (κ3) is 11.4. The van der Waals surface area contributed by atoms with Crippen LogP contribution in [0.4, 0.5) is 0 Å². The zero-order valence-electron chi connectivity index (χ0n) is 12.5. The maximum absolute atomic E-state index is 10.9. The fraction of sp³-hybridized carbons (Fsp3) is 0.571. The predicted molar refractivity (Wildman–Crippen MR) is 73.8 cm³/mol. The Morgan fingerprint density at radius 1 is 0.810 bits per heavy atom. The molecule has 0 atom stereocenters. The molecular formula is C14H22O7. The second kappa shape index (κ2) is 11.6. The van der Waals surface area contributed by atoms with E-state index >= 15 is 0 Å². The highest BCUT2D eigenvalue weighted by atomic mass is 16.7. The number of hydrogen-bond acceptors (Lipinski definition) is 7. The van der Waals surface area contributed by atoms with Gasteiger partial charge in [-0.15, -0.1) is 0 Å². The highest BCUT2D eigenvalue weighted by molar-refractivity contribution is 5.69. The minimum atomic E-state index is -0.302. The molecule has 0 fully saturated rings. The van der Waals surface area contributed by atoms with Gasteiger partial charge in [0.2, 0.25) is 0 Å². The van der Waals surface area contributed by atoms with Crippen molar-refractivity contribution in [2.45, 2.75) is 25.7 Å².